The van der Waals surface area contributed by atoms with Gasteiger partial charge in [0, 0.05) is 6.54 Å². The van der Waals surface area contributed by atoms with Crippen LogP contribution < -0.4 is 15.2 Å². The monoisotopic (exact) mass is 269 g/mol. The topological polar surface area (TPSA) is 44.5 Å². The molecular weight excluding hydrogens is 250 g/mol. The highest BCUT2D eigenvalue weighted by Gasteiger charge is 2.23. The molecule has 0 amide bonds. The van der Waals surface area contributed by atoms with Gasteiger partial charge in [-0.05, 0) is 53.8 Å². The fourth-order valence-electron chi connectivity index (χ4n) is 2.24. The Kier molecular flexibility index (Phi) is 3.61. The molecule has 0 saturated heterocycles. The Morgan fingerprint density at radius 1 is 1.05 bits per heavy atom. The zero-order valence-electron chi connectivity index (χ0n) is 11.6. The summed E-state index contributed by atoms with van der Waals surface area (Å²) in [6.45, 7) is 0.493. The quantitative estimate of drug-likeness (QED) is 0.905. The molecule has 0 aromatic heterocycles. The molecule has 0 radical (unpaired) electrons. The van der Waals surface area contributed by atoms with E-state index in [-0.39, 0.29) is 0 Å². The highest BCUT2D eigenvalue weighted by molar-refractivity contribution is 5.69. The van der Waals surface area contributed by atoms with E-state index >= 15 is 0 Å². The van der Waals surface area contributed by atoms with Crippen molar-refractivity contribution in [3.8, 4) is 22.6 Å². The lowest BCUT2D eigenvalue weighted by Crippen LogP contribution is -2.00. The Labute approximate surface area is 119 Å². The SMILES string of the molecule is COc1ccc(-c2ccc(OC3CC3)cc2)c(CN)c1. The molecule has 3 heteroatoms. The largest absolute Gasteiger partial charge is 0.497 e. The van der Waals surface area contributed by atoms with Crippen molar-refractivity contribution in [2.45, 2.75) is 25.5 Å². The van der Waals surface area contributed by atoms with E-state index in [1.165, 1.54) is 12.8 Å². The van der Waals surface area contributed by atoms with Crippen molar-refractivity contribution in [3.63, 3.8) is 0 Å². The minimum absolute atomic E-state index is 0.432. The summed E-state index contributed by atoms with van der Waals surface area (Å²) in [4.78, 5) is 0. The molecule has 3 nitrogen and oxygen atoms in total. The lowest BCUT2D eigenvalue weighted by Gasteiger charge is -2.11. The standard InChI is InChI=1S/C17H19NO2/c1-19-16-8-9-17(13(10-16)11-18)12-2-4-14(5-3-12)20-15-6-7-15/h2-5,8-10,15H,6-7,11,18H2,1H3. The maximum Gasteiger partial charge on any atom is 0.119 e. The third-order valence-corrected chi connectivity index (χ3v) is 3.52. The van der Waals surface area contributed by atoms with E-state index in [0.29, 0.717) is 12.6 Å². The molecule has 2 N–H and O–H groups in total. The van der Waals surface area contributed by atoms with Gasteiger partial charge < -0.3 is 15.2 Å². The van der Waals surface area contributed by atoms with Crippen molar-refractivity contribution >= 4 is 0 Å². The van der Waals surface area contributed by atoms with Crippen LogP contribution in [0.25, 0.3) is 11.1 Å². The summed E-state index contributed by atoms with van der Waals surface area (Å²) >= 11 is 0. The molecule has 3 rings (SSSR count). The highest BCUT2D eigenvalue weighted by Crippen LogP contribution is 2.31. The first kappa shape index (κ1) is 13.0. The number of ether oxygens (including phenoxy) is 2. The summed E-state index contributed by atoms with van der Waals surface area (Å²) in [7, 11) is 1.67. The Morgan fingerprint density at radius 3 is 2.35 bits per heavy atom. The van der Waals surface area contributed by atoms with Gasteiger partial charge in [-0.15, -0.1) is 0 Å². The first-order valence-electron chi connectivity index (χ1n) is 6.94. The second kappa shape index (κ2) is 5.55. The van der Waals surface area contributed by atoms with Crippen molar-refractivity contribution in [3.05, 3.63) is 48.0 Å². The van der Waals surface area contributed by atoms with Gasteiger partial charge in [0.15, 0.2) is 0 Å². The lowest BCUT2D eigenvalue weighted by atomic mass is 9.99. The van der Waals surface area contributed by atoms with Crippen LogP contribution in [-0.4, -0.2) is 13.2 Å². The number of methoxy groups -OCH3 is 1. The summed E-state index contributed by atoms with van der Waals surface area (Å²) in [5.41, 5.74) is 9.21. The van der Waals surface area contributed by atoms with Crippen LogP contribution in [0.3, 0.4) is 0 Å². The summed E-state index contributed by atoms with van der Waals surface area (Å²) < 4.78 is 11.0. The molecule has 1 aliphatic rings. The fraction of sp³-hybridized carbons (Fsp3) is 0.294. The zero-order chi connectivity index (χ0) is 13.9. The molecule has 1 saturated carbocycles. The van der Waals surface area contributed by atoms with Crippen LogP contribution in [0.15, 0.2) is 42.5 Å². The van der Waals surface area contributed by atoms with Gasteiger partial charge in [0.2, 0.25) is 0 Å². The van der Waals surface area contributed by atoms with Crippen LogP contribution in [0.5, 0.6) is 11.5 Å². The van der Waals surface area contributed by atoms with Gasteiger partial charge in [0.1, 0.15) is 11.5 Å². The number of hydrogen-bond donors (Lipinski definition) is 1. The van der Waals surface area contributed by atoms with Crippen LogP contribution in [0.2, 0.25) is 0 Å². The molecule has 0 aliphatic heterocycles. The van der Waals surface area contributed by atoms with Crippen LogP contribution in [0.1, 0.15) is 18.4 Å². The molecule has 0 spiro atoms. The normalized spacial score (nSPS) is 14.1. The average molecular weight is 269 g/mol. The van der Waals surface area contributed by atoms with Crippen LogP contribution >= 0.6 is 0 Å². The van der Waals surface area contributed by atoms with Crippen molar-refractivity contribution < 1.29 is 9.47 Å². The zero-order valence-corrected chi connectivity index (χ0v) is 11.6. The molecule has 0 unspecified atom stereocenters. The summed E-state index contributed by atoms with van der Waals surface area (Å²) in [6, 6.07) is 14.2. The second-order valence-corrected chi connectivity index (χ2v) is 5.07. The highest BCUT2D eigenvalue weighted by atomic mass is 16.5. The second-order valence-electron chi connectivity index (χ2n) is 5.07. The average Bonchev–Trinajstić information content (AvgIpc) is 3.31. The number of benzene rings is 2. The molecule has 20 heavy (non-hydrogen) atoms. The summed E-state index contributed by atoms with van der Waals surface area (Å²) in [5, 5.41) is 0. The summed E-state index contributed by atoms with van der Waals surface area (Å²) in [5.74, 6) is 1.78. The smallest absolute Gasteiger partial charge is 0.119 e. The molecule has 104 valence electrons. The van der Waals surface area contributed by atoms with E-state index in [0.717, 1.165) is 28.2 Å². The van der Waals surface area contributed by atoms with E-state index < -0.39 is 0 Å². The van der Waals surface area contributed by atoms with Gasteiger partial charge in [-0.3, -0.25) is 0 Å². The summed E-state index contributed by atoms with van der Waals surface area (Å²) in [6.07, 6.45) is 2.79. The molecular formula is C17H19NO2. The molecule has 0 bridgehead atoms. The van der Waals surface area contributed by atoms with E-state index in [1.807, 2.05) is 24.3 Å². The van der Waals surface area contributed by atoms with Crippen LogP contribution in [0, 0.1) is 0 Å². The molecule has 2 aromatic carbocycles. The predicted octanol–water partition coefficient (Wildman–Crippen LogP) is 3.36. The maximum absolute atomic E-state index is 5.84. The van der Waals surface area contributed by atoms with E-state index in [1.54, 1.807) is 7.11 Å². The fourth-order valence-corrected chi connectivity index (χ4v) is 2.24. The van der Waals surface area contributed by atoms with E-state index in [2.05, 4.69) is 18.2 Å². The first-order chi connectivity index (χ1) is 9.80. The van der Waals surface area contributed by atoms with Crippen LogP contribution in [-0.2, 0) is 6.54 Å². The third-order valence-electron chi connectivity index (χ3n) is 3.52. The Bertz CT molecular complexity index is 588. The van der Waals surface area contributed by atoms with Gasteiger partial charge in [0.05, 0.1) is 13.2 Å². The van der Waals surface area contributed by atoms with Gasteiger partial charge in [-0.25, -0.2) is 0 Å². The first-order valence-corrected chi connectivity index (χ1v) is 6.94. The maximum atomic E-state index is 5.84. The number of nitrogens with two attached hydrogens (primary N) is 1. The molecule has 2 aromatic rings. The predicted molar refractivity (Wildman–Crippen MR) is 80.0 cm³/mol. The van der Waals surface area contributed by atoms with Crippen molar-refractivity contribution in [1.29, 1.82) is 0 Å². The van der Waals surface area contributed by atoms with Gasteiger partial charge >= 0.3 is 0 Å². The Balaban J connectivity index is 1.87. The van der Waals surface area contributed by atoms with E-state index in [9.17, 15) is 0 Å². The Hall–Kier alpha value is -2.00. The molecule has 0 atom stereocenters. The minimum atomic E-state index is 0.432. The Morgan fingerprint density at radius 2 is 1.75 bits per heavy atom. The third kappa shape index (κ3) is 2.78. The molecule has 0 heterocycles. The van der Waals surface area contributed by atoms with Gasteiger partial charge in [0.25, 0.3) is 0 Å². The van der Waals surface area contributed by atoms with Gasteiger partial charge in [-0.1, -0.05) is 18.2 Å². The molecule has 1 aliphatic carbocycles. The van der Waals surface area contributed by atoms with E-state index in [4.69, 9.17) is 15.2 Å². The number of rotatable bonds is 5. The van der Waals surface area contributed by atoms with Crippen molar-refractivity contribution in [2.24, 2.45) is 5.73 Å². The molecule has 1 fully saturated rings. The van der Waals surface area contributed by atoms with Crippen LogP contribution in [0.4, 0.5) is 0 Å². The lowest BCUT2D eigenvalue weighted by molar-refractivity contribution is 0.303. The van der Waals surface area contributed by atoms with Crippen molar-refractivity contribution in [1.82, 2.24) is 0 Å². The van der Waals surface area contributed by atoms with Crippen molar-refractivity contribution in [2.75, 3.05) is 7.11 Å². The van der Waals surface area contributed by atoms with Gasteiger partial charge in [-0.2, -0.15) is 0 Å². The number of hydrogen-bond acceptors (Lipinski definition) is 3. The minimum Gasteiger partial charge on any atom is -0.497 e.